The van der Waals surface area contributed by atoms with Crippen LogP contribution in [0.2, 0.25) is 0 Å². The largest absolute Gasteiger partial charge is 0.366 e. The first-order valence-corrected chi connectivity index (χ1v) is 8.92. The summed E-state index contributed by atoms with van der Waals surface area (Å²) in [5, 5.41) is 12.5. The molecule has 0 aliphatic rings. The first-order chi connectivity index (χ1) is 12.6. The molecule has 0 atom stereocenters. The van der Waals surface area contributed by atoms with E-state index in [4.69, 9.17) is 11.0 Å². The minimum absolute atomic E-state index is 0.440. The number of carbonyl (C=O) groups excluding carboxylic acids is 1. The maximum Gasteiger partial charge on any atom is 0.249 e. The van der Waals surface area contributed by atoms with Gasteiger partial charge in [-0.25, -0.2) is 9.98 Å². The quantitative estimate of drug-likeness (QED) is 0.322. The van der Waals surface area contributed by atoms with Crippen LogP contribution in [0.3, 0.4) is 0 Å². The number of amides is 1. The highest BCUT2D eigenvalue weighted by molar-refractivity contribution is 8.13. The second-order valence-corrected chi connectivity index (χ2v) is 6.14. The van der Waals surface area contributed by atoms with E-state index >= 15 is 0 Å². The van der Waals surface area contributed by atoms with Crippen LogP contribution in [0.25, 0.3) is 22.2 Å². The van der Waals surface area contributed by atoms with Crippen molar-refractivity contribution in [3.05, 3.63) is 60.2 Å². The standard InChI is InChI=1S/C19H15N5OS/c1-26-19(22-11-20)23-13-8-6-12(7-9-13)17-10-15(18(21)25)14-4-2-3-5-16(14)24-17/h2-10H,1H3,(H2,21,25)(H,22,23). The normalized spacial score (nSPS) is 11.2. The molecular weight excluding hydrogens is 346 g/mol. The fraction of sp³-hybridized carbons (Fsp3) is 0.0526. The lowest BCUT2D eigenvalue weighted by Crippen LogP contribution is -2.12. The molecule has 1 heterocycles. The third-order valence-electron chi connectivity index (χ3n) is 3.73. The van der Waals surface area contributed by atoms with Crippen LogP contribution in [-0.2, 0) is 0 Å². The number of aliphatic imine (C=N–C) groups is 1. The van der Waals surface area contributed by atoms with E-state index in [1.807, 2.05) is 61.0 Å². The van der Waals surface area contributed by atoms with Gasteiger partial charge in [0.1, 0.15) is 0 Å². The maximum atomic E-state index is 11.8. The number of para-hydroxylation sites is 1. The molecule has 3 rings (SSSR count). The van der Waals surface area contributed by atoms with Gasteiger partial charge in [-0.15, -0.1) is 0 Å². The van der Waals surface area contributed by atoms with Crippen LogP contribution in [0.15, 0.2) is 59.6 Å². The number of fused-ring (bicyclic) bond motifs is 1. The average molecular weight is 361 g/mol. The highest BCUT2D eigenvalue weighted by atomic mass is 32.2. The van der Waals surface area contributed by atoms with Crippen LogP contribution in [-0.4, -0.2) is 22.3 Å². The highest BCUT2D eigenvalue weighted by Crippen LogP contribution is 2.26. The number of nitrogens with one attached hydrogen (secondary N) is 1. The van der Waals surface area contributed by atoms with Gasteiger partial charge >= 0.3 is 0 Å². The first kappa shape index (κ1) is 17.5. The number of carbonyl (C=O) groups is 1. The summed E-state index contributed by atoms with van der Waals surface area (Å²) in [5.41, 5.74) is 8.89. The Hall–Kier alpha value is -3.37. The van der Waals surface area contributed by atoms with Crippen LogP contribution in [0, 0.1) is 11.5 Å². The lowest BCUT2D eigenvalue weighted by atomic mass is 10.0. The van der Waals surface area contributed by atoms with Crippen LogP contribution >= 0.6 is 11.8 Å². The maximum absolute atomic E-state index is 11.8. The molecule has 0 spiro atoms. The lowest BCUT2D eigenvalue weighted by molar-refractivity contribution is 0.100. The van der Waals surface area contributed by atoms with Crippen LogP contribution in [0.4, 0.5) is 5.69 Å². The minimum atomic E-state index is -0.488. The van der Waals surface area contributed by atoms with Crippen molar-refractivity contribution in [1.29, 1.82) is 5.26 Å². The molecule has 0 unspecified atom stereocenters. The zero-order valence-electron chi connectivity index (χ0n) is 13.9. The van der Waals surface area contributed by atoms with E-state index in [1.165, 1.54) is 11.8 Å². The Morgan fingerprint density at radius 2 is 1.96 bits per heavy atom. The van der Waals surface area contributed by atoms with Gasteiger partial charge in [-0.05, 0) is 30.5 Å². The Balaban J connectivity index is 2.02. The fourth-order valence-electron chi connectivity index (χ4n) is 2.52. The summed E-state index contributed by atoms with van der Waals surface area (Å²) in [6, 6.07) is 16.5. The molecule has 0 saturated heterocycles. The van der Waals surface area contributed by atoms with Gasteiger partial charge < -0.3 is 5.73 Å². The number of nitriles is 1. The van der Waals surface area contributed by atoms with Crippen molar-refractivity contribution in [3.63, 3.8) is 0 Å². The van der Waals surface area contributed by atoms with Crippen molar-refractivity contribution >= 4 is 39.4 Å². The number of hydrogen-bond donors (Lipinski definition) is 2. The number of hydrogen-bond acceptors (Lipinski definition) is 5. The third-order valence-corrected chi connectivity index (χ3v) is 4.31. The molecule has 0 bridgehead atoms. The number of pyridine rings is 1. The molecule has 6 nitrogen and oxygen atoms in total. The van der Waals surface area contributed by atoms with E-state index in [9.17, 15) is 4.79 Å². The molecule has 128 valence electrons. The predicted octanol–water partition coefficient (Wildman–Crippen LogP) is 3.42. The second-order valence-electron chi connectivity index (χ2n) is 5.34. The molecule has 7 heteroatoms. The zero-order chi connectivity index (χ0) is 18.5. The second kappa shape index (κ2) is 7.68. The first-order valence-electron chi connectivity index (χ1n) is 7.70. The van der Waals surface area contributed by atoms with Crippen molar-refractivity contribution in [1.82, 2.24) is 10.3 Å². The molecule has 3 aromatic rings. The number of benzene rings is 2. The monoisotopic (exact) mass is 361 g/mol. The van der Waals surface area contributed by atoms with Gasteiger partial charge in [0.2, 0.25) is 5.91 Å². The molecule has 3 N–H and O–H groups in total. The molecular formula is C19H15N5OS. The van der Waals surface area contributed by atoms with Crippen LogP contribution < -0.4 is 11.1 Å². The summed E-state index contributed by atoms with van der Waals surface area (Å²) in [7, 11) is 0. The molecule has 0 radical (unpaired) electrons. The Morgan fingerprint density at radius 1 is 1.23 bits per heavy atom. The van der Waals surface area contributed by atoms with Crippen LogP contribution in [0.1, 0.15) is 10.4 Å². The minimum Gasteiger partial charge on any atom is -0.366 e. The summed E-state index contributed by atoms with van der Waals surface area (Å²) in [6.45, 7) is 0. The number of thioether (sulfide) groups is 1. The highest BCUT2D eigenvalue weighted by Gasteiger charge is 2.11. The fourth-order valence-corrected chi connectivity index (χ4v) is 2.87. The van der Waals surface area contributed by atoms with Crippen molar-refractivity contribution in [2.75, 3.05) is 6.26 Å². The number of amidine groups is 1. The van der Waals surface area contributed by atoms with Crippen molar-refractivity contribution in [2.24, 2.45) is 10.7 Å². The van der Waals surface area contributed by atoms with Gasteiger partial charge in [0.15, 0.2) is 11.4 Å². The summed E-state index contributed by atoms with van der Waals surface area (Å²) in [4.78, 5) is 20.8. The van der Waals surface area contributed by atoms with Crippen LogP contribution in [0.5, 0.6) is 0 Å². The summed E-state index contributed by atoms with van der Waals surface area (Å²) < 4.78 is 0. The molecule has 0 aliphatic heterocycles. The van der Waals surface area contributed by atoms with E-state index in [1.54, 1.807) is 6.07 Å². The molecule has 26 heavy (non-hydrogen) atoms. The zero-order valence-corrected chi connectivity index (χ0v) is 14.7. The van der Waals surface area contributed by atoms with E-state index < -0.39 is 5.91 Å². The predicted molar refractivity (Wildman–Crippen MR) is 105 cm³/mol. The smallest absolute Gasteiger partial charge is 0.249 e. The van der Waals surface area contributed by atoms with Crippen molar-refractivity contribution < 1.29 is 4.79 Å². The molecule has 1 aromatic heterocycles. The summed E-state index contributed by atoms with van der Waals surface area (Å²) in [6.07, 6.45) is 3.69. The number of nitrogens with two attached hydrogens (primary N) is 1. The summed E-state index contributed by atoms with van der Waals surface area (Å²) in [5.74, 6) is -0.488. The number of primary amides is 1. The Labute approximate surface area is 154 Å². The van der Waals surface area contributed by atoms with Gasteiger partial charge in [0.05, 0.1) is 22.5 Å². The van der Waals surface area contributed by atoms with E-state index in [0.29, 0.717) is 27.6 Å². The third kappa shape index (κ3) is 3.66. The number of rotatable bonds is 3. The van der Waals surface area contributed by atoms with E-state index in [-0.39, 0.29) is 0 Å². The van der Waals surface area contributed by atoms with Gasteiger partial charge in [0, 0.05) is 10.9 Å². The van der Waals surface area contributed by atoms with Gasteiger partial charge in [-0.3, -0.25) is 10.1 Å². The Bertz CT molecular complexity index is 1040. The molecule has 0 saturated carbocycles. The molecule has 0 aliphatic carbocycles. The average Bonchev–Trinajstić information content (AvgIpc) is 2.67. The lowest BCUT2D eigenvalue weighted by Gasteiger charge is -2.08. The SMILES string of the molecule is CSC(=Nc1ccc(-c2cc(C(N)=O)c3ccccc3n2)cc1)NC#N. The van der Waals surface area contributed by atoms with Gasteiger partial charge in [-0.2, -0.15) is 5.26 Å². The summed E-state index contributed by atoms with van der Waals surface area (Å²) >= 11 is 1.35. The number of nitrogens with zero attached hydrogens (tertiary/aromatic N) is 3. The van der Waals surface area contributed by atoms with E-state index in [0.717, 1.165) is 10.9 Å². The van der Waals surface area contributed by atoms with Crippen molar-refractivity contribution in [2.45, 2.75) is 0 Å². The number of aromatic nitrogens is 1. The van der Waals surface area contributed by atoms with Gasteiger partial charge in [0.25, 0.3) is 0 Å². The molecule has 1 amide bonds. The Morgan fingerprint density at radius 3 is 2.62 bits per heavy atom. The van der Waals surface area contributed by atoms with Gasteiger partial charge in [-0.1, -0.05) is 42.1 Å². The molecule has 0 fully saturated rings. The van der Waals surface area contributed by atoms with Crippen molar-refractivity contribution in [3.8, 4) is 17.5 Å². The Kier molecular flexibility index (Phi) is 5.15. The topological polar surface area (TPSA) is 104 Å². The molecule has 2 aromatic carbocycles. The van der Waals surface area contributed by atoms with E-state index in [2.05, 4.69) is 15.3 Å².